The summed E-state index contributed by atoms with van der Waals surface area (Å²) in [5, 5.41) is 6.21. The van der Waals surface area contributed by atoms with Gasteiger partial charge in [-0.2, -0.15) is 0 Å². The first kappa shape index (κ1) is 19.5. The number of benzene rings is 2. The van der Waals surface area contributed by atoms with Crippen molar-refractivity contribution >= 4 is 28.7 Å². The van der Waals surface area contributed by atoms with Crippen LogP contribution in [0, 0.1) is 17.6 Å². The van der Waals surface area contributed by atoms with Crippen molar-refractivity contribution in [3.63, 3.8) is 0 Å². The van der Waals surface area contributed by atoms with E-state index < -0.39 is 11.6 Å². The molecule has 6 heteroatoms. The summed E-state index contributed by atoms with van der Waals surface area (Å²) in [5.74, 6) is -0.560. The van der Waals surface area contributed by atoms with Gasteiger partial charge in [-0.1, -0.05) is 19.1 Å². The molecule has 0 aromatic heterocycles. The summed E-state index contributed by atoms with van der Waals surface area (Å²) >= 11 is 5.26. The fourth-order valence-electron chi connectivity index (χ4n) is 3.43. The van der Waals surface area contributed by atoms with Gasteiger partial charge in [0.15, 0.2) is 5.11 Å². The van der Waals surface area contributed by atoms with Crippen LogP contribution >= 0.6 is 12.2 Å². The zero-order valence-corrected chi connectivity index (χ0v) is 16.5. The maximum absolute atomic E-state index is 13.7. The van der Waals surface area contributed by atoms with Crippen LogP contribution in [0.3, 0.4) is 0 Å². The lowest BCUT2D eigenvalue weighted by Gasteiger charge is -2.33. The van der Waals surface area contributed by atoms with E-state index in [2.05, 4.69) is 46.7 Å². The van der Waals surface area contributed by atoms with Crippen LogP contribution in [-0.4, -0.2) is 18.2 Å². The van der Waals surface area contributed by atoms with Gasteiger partial charge in [0.05, 0.1) is 11.7 Å². The number of nitrogens with one attached hydrogen (secondary N) is 2. The molecule has 2 aromatic rings. The summed E-state index contributed by atoms with van der Waals surface area (Å²) in [7, 11) is 0. The molecule has 1 aliphatic rings. The zero-order valence-electron chi connectivity index (χ0n) is 15.6. The van der Waals surface area contributed by atoms with E-state index >= 15 is 0 Å². The molecule has 2 N–H and O–H groups in total. The van der Waals surface area contributed by atoms with Gasteiger partial charge in [-0.15, -0.1) is 0 Å². The Morgan fingerprint density at radius 3 is 2.59 bits per heavy atom. The minimum atomic E-state index is -0.674. The SMILES string of the molecule is C[C@@H]1CCCN(c2ccc([C@H](C)NC(=S)Nc3ccc(F)cc3F)cc2)C1. The summed E-state index contributed by atoms with van der Waals surface area (Å²) in [6.07, 6.45) is 2.54. The lowest BCUT2D eigenvalue weighted by atomic mass is 9.99. The first-order valence-electron chi connectivity index (χ1n) is 9.30. The predicted molar refractivity (Wildman–Crippen MR) is 111 cm³/mol. The topological polar surface area (TPSA) is 27.3 Å². The molecule has 0 unspecified atom stereocenters. The molecule has 1 heterocycles. The van der Waals surface area contributed by atoms with Crippen LogP contribution in [-0.2, 0) is 0 Å². The second-order valence-corrected chi connectivity index (χ2v) is 7.64. The Morgan fingerprint density at radius 1 is 1.19 bits per heavy atom. The van der Waals surface area contributed by atoms with Gasteiger partial charge in [-0.25, -0.2) is 8.78 Å². The molecular formula is C21H25F2N3S. The molecule has 1 fully saturated rings. The Balaban J connectivity index is 1.58. The first-order chi connectivity index (χ1) is 12.9. The molecule has 0 spiro atoms. The molecule has 0 saturated carbocycles. The maximum Gasteiger partial charge on any atom is 0.171 e. The highest BCUT2D eigenvalue weighted by Crippen LogP contribution is 2.24. The van der Waals surface area contributed by atoms with E-state index in [1.54, 1.807) is 0 Å². The third kappa shape index (κ3) is 5.16. The van der Waals surface area contributed by atoms with Crippen molar-refractivity contribution in [1.29, 1.82) is 0 Å². The Hall–Kier alpha value is -2.21. The van der Waals surface area contributed by atoms with Crippen LogP contribution in [0.25, 0.3) is 0 Å². The number of piperidine rings is 1. The summed E-state index contributed by atoms with van der Waals surface area (Å²) in [4.78, 5) is 2.43. The van der Waals surface area contributed by atoms with Crippen molar-refractivity contribution < 1.29 is 8.78 Å². The van der Waals surface area contributed by atoms with Crippen LogP contribution < -0.4 is 15.5 Å². The molecular weight excluding hydrogens is 364 g/mol. The average molecular weight is 390 g/mol. The van der Waals surface area contributed by atoms with E-state index in [9.17, 15) is 8.78 Å². The molecule has 27 heavy (non-hydrogen) atoms. The van der Waals surface area contributed by atoms with Crippen LogP contribution in [0.5, 0.6) is 0 Å². The zero-order chi connectivity index (χ0) is 19.4. The predicted octanol–water partition coefficient (Wildman–Crippen LogP) is 5.25. The van der Waals surface area contributed by atoms with Crippen molar-refractivity contribution in [1.82, 2.24) is 5.32 Å². The summed E-state index contributed by atoms with van der Waals surface area (Å²) < 4.78 is 26.7. The minimum absolute atomic E-state index is 0.0390. The third-order valence-electron chi connectivity index (χ3n) is 4.94. The van der Waals surface area contributed by atoms with Crippen molar-refractivity contribution in [2.75, 3.05) is 23.3 Å². The van der Waals surface area contributed by atoms with Gasteiger partial charge in [0.1, 0.15) is 11.6 Å². The Bertz CT molecular complexity index is 795. The van der Waals surface area contributed by atoms with Gasteiger partial charge in [-0.3, -0.25) is 0 Å². The molecule has 1 aliphatic heterocycles. The van der Waals surface area contributed by atoms with E-state index in [1.165, 1.54) is 30.7 Å². The summed E-state index contributed by atoms with van der Waals surface area (Å²) in [5.41, 5.74) is 2.48. The minimum Gasteiger partial charge on any atom is -0.371 e. The standard InChI is InChI=1S/C21H25F2N3S/c1-14-4-3-11-26(13-14)18-8-5-16(6-9-18)15(2)24-21(27)25-20-10-7-17(22)12-19(20)23/h5-10,12,14-15H,3-4,11,13H2,1-2H3,(H2,24,25,27)/t14-,15+/m1/s1. The van der Waals surface area contributed by atoms with Crippen molar-refractivity contribution in [3.05, 3.63) is 59.7 Å². The first-order valence-corrected chi connectivity index (χ1v) is 9.70. The molecule has 1 saturated heterocycles. The largest absolute Gasteiger partial charge is 0.371 e. The fourth-order valence-corrected chi connectivity index (χ4v) is 3.71. The molecule has 0 aliphatic carbocycles. The second-order valence-electron chi connectivity index (χ2n) is 7.23. The van der Waals surface area contributed by atoms with Gasteiger partial charge in [0.2, 0.25) is 0 Å². The molecule has 3 nitrogen and oxygen atoms in total. The molecule has 2 atom stereocenters. The molecule has 144 valence electrons. The Morgan fingerprint density at radius 2 is 1.93 bits per heavy atom. The highest BCUT2D eigenvalue weighted by molar-refractivity contribution is 7.80. The highest BCUT2D eigenvalue weighted by atomic mass is 32.1. The normalized spacial score (nSPS) is 18.1. The van der Waals surface area contributed by atoms with E-state index in [1.807, 2.05) is 6.92 Å². The monoisotopic (exact) mass is 389 g/mol. The smallest absolute Gasteiger partial charge is 0.171 e. The molecule has 0 bridgehead atoms. The van der Waals surface area contributed by atoms with Gasteiger partial charge in [0, 0.05) is 24.8 Å². The number of hydrogen-bond donors (Lipinski definition) is 2. The third-order valence-corrected chi connectivity index (χ3v) is 5.16. The van der Waals surface area contributed by atoms with Gasteiger partial charge in [-0.05, 0) is 67.7 Å². The van der Waals surface area contributed by atoms with Crippen LogP contribution in [0.15, 0.2) is 42.5 Å². The van der Waals surface area contributed by atoms with Gasteiger partial charge < -0.3 is 15.5 Å². The molecule has 0 radical (unpaired) electrons. The number of nitrogens with zero attached hydrogens (tertiary/aromatic N) is 1. The van der Waals surface area contributed by atoms with E-state index in [4.69, 9.17) is 12.2 Å². The number of halogens is 2. The van der Waals surface area contributed by atoms with E-state index in [0.717, 1.165) is 30.6 Å². The van der Waals surface area contributed by atoms with Crippen LogP contribution in [0.1, 0.15) is 38.3 Å². The summed E-state index contributed by atoms with van der Waals surface area (Å²) in [6.45, 7) is 6.50. The van der Waals surface area contributed by atoms with Crippen LogP contribution in [0.4, 0.5) is 20.2 Å². The number of rotatable bonds is 4. The van der Waals surface area contributed by atoms with E-state index in [-0.39, 0.29) is 11.7 Å². The molecule has 2 aromatic carbocycles. The quantitative estimate of drug-likeness (QED) is 0.699. The number of hydrogen-bond acceptors (Lipinski definition) is 2. The Kier molecular flexibility index (Phi) is 6.26. The maximum atomic E-state index is 13.7. The van der Waals surface area contributed by atoms with Crippen molar-refractivity contribution in [2.45, 2.75) is 32.7 Å². The van der Waals surface area contributed by atoms with Crippen molar-refractivity contribution in [3.8, 4) is 0 Å². The van der Waals surface area contributed by atoms with Crippen molar-refractivity contribution in [2.24, 2.45) is 5.92 Å². The lowest BCUT2D eigenvalue weighted by Crippen LogP contribution is -2.34. The van der Waals surface area contributed by atoms with Gasteiger partial charge >= 0.3 is 0 Å². The second kappa shape index (κ2) is 8.65. The summed E-state index contributed by atoms with van der Waals surface area (Å²) in [6, 6.07) is 11.8. The highest BCUT2D eigenvalue weighted by Gasteiger charge is 2.17. The average Bonchev–Trinajstić information content (AvgIpc) is 2.64. The van der Waals surface area contributed by atoms with Crippen LogP contribution in [0.2, 0.25) is 0 Å². The number of anilines is 2. The molecule has 0 amide bonds. The van der Waals surface area contributed by atoms with E-state index in [0.29, 0.717) is 5.11 Å². The Labute approximate surface area is 164 Å². The lowest BCUT2D eigenvalue weighted by molar-refractivity contribution is 0.447. The fraction of sp³-hybridized carbons (Fsp3) is 0.381. The van der Waals surface area contributed by atoms with Gasteiger partial charge in [0.25, 0.3) is 0 Å². The number of thiocarbonyl (C=S) groups is 1. The molecule has 3 rings (SSSR count).